The van der Waals surface area contributed by atoms with Gasteiger partial charge in [0.15, 0.2) is 0 Å². The summed E-state index contributed by atoms with van der Waals surface area (Å²) in [4.78, 5) is 6.47. The third kappa shape index (κ3) is 5.02. The lowest BCUT2D eigenvalue weighted by atomic mass is 9.87. The Hall–Kier alpha value is -1.60. The number of sulfone groups is 1. The van der Waals surface area contributed by atoms with Gasteiger partial charge in [0.05, 0.1) is 24.2 Å². The highest BCUT2D eigenvalue weighted by atomic mass is 32.2. The molecule has 1 saturated carbocycles. The van der Waals surface area contributed by atoms with Crippen molar-refractivity contribution in [2.45, 2.75) is 70.7 Å². The van der Waals surface area contributed by atoms with Gasteiger partial charge >= 0.3 is 0 Å². The van der Waals surface area contributed by atoms with Crippen molar-refractivity contribution >= 4 is 9.84 Å². The molecule has 0 spiro atoms. The predicted octanol–water partition coefficient (Wildman–Crippen LogP) is 3.79. The van der Waals surface area contributed by atoms with Crippen LogP contribution in [0.4, 0.5) is 0 Å². The van der Waals surface area contributed by atoms with Gasteiger partial charge in [0.1, 0.15) is 11.5 Å². The second-order valence-electron chi connectivity index (χ2n) is 7.80. The lowest BCUT2D eigenvalue weighted by Crippen LogP contribution is -2.25. The van der Waals surface area contributed by atoms with E-state index in [0.717, 1.165) is 49.3 Å². The van der Waals surface area contributed by atoms with E-state index in [1.807, 2.05) is 30.7 Å². The number of aryl methyl sites for hydroxylation is 1. The van der Waals surface area contributed by atoms with Gasteiger partial charge in [0.2, 0.25) is 15.0 Å². The Labute approximate surface area is 162 Å². The second kappa shape index (κ2) is 8.61. The third-order valence-corrected chi connectivity index (χ3v) is 7.04. The van der Waals surface area contributed by atoms with Gasteiger partial charge in [-0.05, 0) is 51.3 Å². The summed E-state index contributed by atoms with van der Waals surface area (Å²) in [6, 6.07) is 3.94. The fourth-order valence-electron chi connectivity index (χ4n) is 3.53. The molecular formula is C20H31N3O3S. The number of imidazole rings is 1. The molecule has 2 heterocycles. The normalized spacial score (nSPS) is 15.4. The Balaban J connectivity index is 1.76. The van der Waals surface area contributed by atoms with E-state index < -0.39 is 9.84 Å². The summed E-state index contributed by atoms with van der Waals surface area (Å²) in [5.74, 6) is 2.35. The van der Waals surface area contributed by atoms with Gasteiger partial charge < -0.3 is 8.98 Å². The number of aromatic nitrogens is 2. The zero-order valence-electron chi connectivity index (χ0n) is 16.6. The van der Waals surface area contributed by atoms with Crippen molar-refractivity contribution < 1.29 is 12.8 Å². The minimum atomic E-state index is -3.34. The number of furan rings is 1. The van der Waals surface area contributed by atoms with Crippen LogP contribution < -0.4 is 0 Å². The van der Waals surface area contributed by atoms with Crippen LogP contribution in [0.25, 0.3) is 0 Å². The van der Waals surface area contributed by atoms with Crippen LogP contribution in [-0.4, -0.2) is 35.7 Å². The van der Waals surface area contributed by atoms with Crippen molar-refractivity contribution in [1.29, 1.82) is 0 Å². The molecule has 2 aromatic rings. The zero-order valence-corrected chi connectivity index (χ0v) is 17.5. The van der Waals surface area contributed by atoms with E-state index >= 15 is 0 Å². The van der Waals surface area contributed by atoms with Crippen LogP contribution in [0, 0.1) is 12.8 Å². The first kappa shape index (κ1) is 20.1. The second-order valence-corrected chi connectivity index (χ2v) is 9.73. The highest BCUT2D eigenvalue weighted by molar-refractivity contribution is 7.91. The van der Waals surface area contributed by atoms with E-state index in [0.29, 0.717) is 25.6 Å². The van der Waals surface area contributed by atoms with Crippen LogP contribution in [-0.2, 0) is 29.5 Å². The highest BCUT2D eigenvalue weighted by Crippen LogP contribution is 2.30. The minimum Gasteiger partial charge on any atom is -0.465 e. The van der Waals surface area contributed by atoms with Crippen molar-refractivity contribution in [3.63, 3.8) is 0 Å². The molecule has 0 atom stereocenters. The van der Waals surface area contributed by atoms with Crippen molar-refractivity contribution in [1.82, 2.24) is 14.5 Å². The molecule has 0 aliphatic heterocycles. The molecule has 1 fully saturated rings. The number of hydrogen-bond acceptors (Lipinski definition) is 5. The van der Waals surface area contributed by atoms with Crippen molar-refractivity contribution in [2.24, 2.45) is 5.92 Å². The lowest BCUT2D eigenvalue weighted by molar-refractivity contribution is 0.276. The molecule has 2 aromatic heterocycles. The molecule has 3 rings (SSSR count). The summed E-state index contributed by atoms with van der Waals surface area (Å²) in [6.07, 6.45) is 6.87. The van der Waals surface area contributed by atoms with Gasteiger partial charge in [-0.3, -0.25) is 4.90 Å². The molecule has 6 nitrogen and oxygen atoms in total. The molecule has 0 unspecified atom stereocenters. The van der Waals surface area contributed by atoms with Gasteiger partial charge in [-0.1, -0.05) is 19.8 Å². The first-order valence-corrected chi connectivity index (χ1v) is 11.5. The third-order valence-electron chi connectivity index (χ3n) is 5.25. The van der Waals surface area contributed by atoms with Crippen LogP contribution in [0.2, 0.25) is 0 Å². The lowest BCUT2D eigenvalue weighted by Gasteiger charge is -2.25. The smallest absolute Gasteiger partial charge is 0.227 e. The summed E-state index contributed by atoms with van der Waals surface area (Å²) in [5.41, 5.74) is 0.946. The van der Waals surface area contributed by atoms with Gasteiger partial charge in [0.25, 0.3) is 0 Å². The first-order chi connectivity index (χ1) is 12.9. The average Bonchev–Trinajstić information content (AvgIpc) is 3.16. The molecule has 1 aliphatic rings. The summed E-state index contributed by atoms with van der Waals surface area (Å²) < 4.78 is 33.4. The Morgan fingerprint density at radius 3 is 2.67 bits per heavy atom. The molecule has 0 saturated heterocycles. The van der Waals surface area contributed by atoms with E-state index in [-0.39, 0.29) is 10.9 Å². The monoisotopic (exact) mass is 393 g/mol. The Morgan fingerprint density at radius 2 is 2.07 bits per heavy atom. The summed E-state index contributed by atoms with van der Waals surface area (Å²) in [5, 5.41) is 0.250. The predicted molar refractivity (Wildman–Crippen MR) is 105 cm³/mol. The number of hydrogen-bond donors (Lipinski definition) is 0. The summed E-state index contributed by atoms with van der Waals surface area (Å²) in [6.45, 7) is 6.05. The molecule has 27 heavy (non-hydrogen) atoms. The maximum absolute atomic E-state index is 12.9. The minimum absolute atomic E-state index is 0.233. The van der Waals surface area contributed by atoms with E-state index in [1.54, 1.807) is 6.20 Å². The van der Waals surface area contributed by atoms with Crippen LogP contribution in [0.1, 0.15) is 56.2 Å². The first-order valence-electron chi connectivity index (χ1n) is 9.90. The van der Waals surface area contributed by atoms with Crippen LogP contribution in [0.15, 0.2) is 27.9 Å². The van der Waals surface area contributed by atoms with E-state index in [1.165, 1.54) is 0 Å². The molecular weight excluding hydrogens is 362 g/mol. The zero-order chi connectivity index (χ0) is 19.4. The molecule has 7 heteroatoms. The Kier molecular flexibility index (Phi) is 6.42. The van der Waals surface area contributed by atoms with Gasteiger partial charge in [-0.15, -0.1) is 0 Å². The SMILES string of the molecule is CCCCn1c(CN(C)Cc2ccc(C)o2)cnc1S(=O)(=O)CC1CCC1. The highest BCUT2D eigenvalue weighted by Gasteiger charge is 2.30. The van der Waals surface area contributed by atoms with Gasteiger partial charge in [-0.2, -0.15) is 0 Å². The number of rotatable bonds is 10. The van der Waals surface area contributed by atoms with Crippen molar-refractivity contribution in [2.75, 3.05) is 12.8 Å². The largest absolute Gasteiger partial charge is 0.465 e. The molecule has 1 aliphatic carbocycles. The Bertz CT molecular complexity index is 850. The summed E-state index contributed by atoms with van der Waals surface area (Å²) in [7, 11) is -1.33. The fourth-order valence-corrected chi connectivity index (χ4v) is 5.40. The average molecular weight is 394 g/mol. The van der Waals surface area contributed by atoms with Crippen molar-refractivity contribution in [3.8, 4) is 0 Å². The molecule has 0 amide bonds. The van der Waals surface area contributed by atoms with Crippen LogP contribution >= 0.6 is 0 Å². The van der Waals surface area contributed by atoms with Gasteiger partial charge in [-0.25, -0.2) is 13.4 Å². The fraction of sp³-hybridized carbons (Fsp3) is 0.650. The molecule has 0 N–H and O–H groups in total. The topological polar surface area (TPSA) is 68.3 Å². The molecule has 0 bridgehead atoms. The van der Waals surface area contributed by atoms with Crippen LogP contribution in [0.3, 0.4) is 0 Å². The molecule has 0 radical (unpaired) electrons. The standard InChI is InChI=1S/C20H31N3O3S/c1-4-5-11-23-18(13-22(3)14-19-10-9-16(2)26-19)12-21-20(23)27(24,25)15-17-7-6-8-17/h9-10,12,17H,4-8,11,13-15H2,1-3H3. The Morgan fingerprint density at radius 1 is 1.30 bits per heavy atom. The number of unbranched alkanes of at least 4 members (excludes halogenated alkanes) is 1. The maximum atomic E-state index is 12.9. The quantitative estimate of drug-likeness (QED) is 0.614. The summed E-state index contributed by atoms with van der Waals surface area (Å²) >= 11 is 0. The van der Waals surface area contributed by atoms with E-state index in [4.69, 9.17) is 4.42 Å². The van der Waals surface area contributed by atoms with E-state index in [2.05, 4.69) is 16.8 Å². The van der Waals surface area contributed by atoms with Gasteiger partial charge in [0, 0.05) is 13.1 Å². The molecule has 0 aromatic carbocycles. The maximum Gasteiger partial charge on any atom is 0.227 e. The van der Waals surface area contributed by atoms with Crippen LogP contribution in [0.5, 0.6) is 0 Å². The van der Waals surface area contributed by atoms with E-state index in [9.17, 15) is 8.42 Å². The number of nitrogens with zero attached hydrogens (tertiary/aromatic N) is 3. The molecule has 150 valence electrons. The van der Waals surface area contributed by atoms with Crippen molar-refractivity contribution in [3.05, 3.63) is 35.5 Å².